The molecule has 0 radical (unpaired) electrons. The average Bonchev–Trinajstić information content (AvgIpc) is 2.90. The average molecular weight is 196 g/mol. The number of rotatable bonds is 2. The van der Waals surface area contributed by atoms with Gasteiger partial charge in [0, 0.05) is 25.7 Å². The number of fused-ring (bicyclic) bond motifs is 1. The minimum atomic E-state index is 0.293. The molecule has 1 heterocycles. The molecular formula is C11H20N2O. The predicted octanol–water partition coefficient (Wildman–Crippen LogP) is 0.444. The SMILES string of the molecule is NCC1CN(C2CCC3CC32)CCO1. The Bertz CT molecular complexity index is 221. The predicted molar refractivity (Wildman–Crippen MR) is 55.0 cm³/mol. The maximum atomic E-state index is 5.66. The van der Waals surface area contributed by atoms with Crippen LogP contribution in [0.2, 0.25) is 0 Å². The molecular weight excluding hydrogens is 176 g/mol. The zero-order valence-corrected chi connectivity index (χ0v) is 8.69. The van der Waals surface area contributed by atoms with Crippen molar-refractivity contribution < 1.29 is 4.74 Å². The zero-order chi connectivity index (χ0) is 9.54. The van der Waals surface area contributed by atoms with Crippen LogP contribution in [0, 0.1) is 11.8 Å². The maximum Gasteiger partial charge on any atom is 0.0824 e. The molecule has 0 spiro atoms. The Hall–Kier alpha value is -0.120. The fraction of sp³-hybridized carbons (Fsp3) is 1.00. The van der Waals surface area contributed by atoms with E-state index in [1.54, 1.807) is 0 Å². The lowest BCUT2D eigenvalue weighted by molar-refractivity contribution is -0.0405. The summed E-state index contributed by atoms with van der Waals surface area (Å²) in [5, 5.41) is 0. The van der Waals surface area contributed by atoms with Crippen molar-refractivity contribution in [3.8, 4) is 0 Å². The highest BCUT2D eigenvalue weighted by molar-refractivity contribution is 5.02. The first kappa shape index (κ1) is 9.13. The smallest absolute Gasteiger partial charge is 0.0824 e. The van der Waals surface area contributed by atoms with E-state index in [4.69, 9.17) is 10.5 Å². The van der Waals surface area contributed by atoms with E-state index in [-0.39, 0.29) is 0 Å². The van der Waals surface area contributed by atoms with Crippen LogP contribution in [0.15, 0.2) is 0 Å². The van der Waals surface area contributed by atoms with Crippen LogP contribution in [0.5, 0.6) is 0 Å². The van der Waals surface area contributed by atoms with Crippen LogP contribution in [-0.2, 0) is 4.74 Å². The van der Waals surface area contributed by atoms with Gasteiger partial charge in [0.25, 0.3) is 0 Å². The number of hydrogen-bond donors (Lipinski definition) is 1. The molecule has 3 heteroatoms. The molecule has 3 rings (SSSR count). The lowest BCUT2D eigenvalue weighted by atomic mass is 10.1. The molecule has 3 aliphatic rings. The Morgan fingerprint density at radius 1 is 1.36 bits per heavy atom. The van der Waals surface area contributed by atoms with E-state index < -0.39 is 0 Å². The van der Waals surface area contributed by atoms with Gasteiger partial charge in [-0.2, -0.15) is 0 Å². The highest BCUT2D eigenvalue weighted by Crippen LogP contribution is 2.53. The summed E-state index contributed by atoms with van der Waals surface area (Å²) in [6.45, 7) is 3.77. The van der Waals surface area contributed by atoms with Gasteiger partial charge >= 0.3 is 0 Å². The van der Waals surface area contributed by atoms with Crippen LogP contribution in [0.4, 0.5) is 0 Å². The molecule has 0 aromatic heterocycles. The van der Waals surface area contributed by atoms with Gasteiger partial charge in [-0.05, 0) is 31.1 Å². The molecule has 0 aromatic carbocycles. The topological polar surface area (TPSA) is 38.5 Å². The van der Waals surface area contributed by atoms with Crippen LogP contribution in [0.1, 0.15) is 19.3 Å². The Labute approximate surface area is 85.6 Å². The number of morpholine rings is 1. The van der Waals surface area contributed by atoms with Crippen molar-refractivity contribution in [3.05, 3.63) is 0 Å². The highest BCUT2D eigenvalue weighted by Gasteiger charge is 2.50. The summed E-state index contributed by atoms with van der Waals surface area (Å²) in [6.07, 6.45) is 4.68. The summed E-state index contributed by atoms with van der Waals surface area (Å²) in [4.78, 5) is 2.64. The summed E-state index contributed by atoms with van der Waals surface area (Å²) in [6, 6.07) is 0.873. The van der Waals surface area contributed by atoms with Crippen LogP contribution in [0.25, 0.3) is 0 Å². The van der Waals surface area contributed by atoms with Crippen LogP contribution in [-0.4, -0.2) is 43.3 Å². The second kappa shape index (κ2) is 3.47. The van der Waals surface area contributed by atoms with Crippen molar-refractivity contribution in [2.45, 2.75) is 31.4 Å². The minimum Gasteiger partial charge on any atom is -0.374 e. The number of ether oxygens (including phenoxy) is 1. The Kier molecular flexibility index (Phi) is 2.26. The summed E-state index contributed by atoms with van der Waals surface area (Å²) >= 11 is 0. The molecule has 1 aliphatic heterocycles. The first-order valence-electron chi connectivity index (χ1n) is 5.94. The van der Waals surface area contributed by atoms with E-state index in [1.165, 1.54) is 19.3 Å². The van der Waals surface area contributed by atoms with E-state index in [0.29, 0.717) is 12.6 Å². The fourth-order valence-electron chi connectivity index (χ4n) is 3.31. The van der Waals surface area contributed by atoms with E-state index in [1.807, 2.05) is 0 Å². The number of nitrogens with zero attached hydrogens (tertiary/aromatic N) is 1. The van der Waals surface area contributed by atoms with Gasteiger partial charge in [-0.3, -0.25) is 4.90 Å². The molecule has 2 saturated carbocycles. The molecule has 80 valence electrons. The third-order valence-corrected chi connectivity index (χ3v) is 4.21. The minimum absolute atomic E-state index is 0.293. The third-order valence-electron chi connectivity index (χ3n) is 4.21. The van der Waals surface area contributed by atoms with Crippen molar-refractivity contribution in [3.63, 3.8) is 0 Å². The Morgan fingerprint density at radius 2 is 2.29 bits per heavy atom. The first-order valence-corrected chi connectivity index (χ1v) is 5.94. The Balaban J connectivity index is 1.61. The van der Waals surface area contributed by atoms with Gasteiger partial charge < -0.3 is 10.5 Å². The van der Waals surface area contributed by atoms with Gasteiger partial charge in [0.15, 0.2) is 0 Å². The van der Waals surface area contributed by atoms with Crippen molar-refractivity contribution in [1.29, 1.82) is 0 Å². The molecule has 3 fully saturated rings. The molecule has 1 saturated heterocycles. The number of hydrogen-bond acceptors (Lipinski definition) is 3. The normalized spacial score (nSPS) is 47.8. The van der Waals surface area contributed by atoms with Crippen molar-refractivity contribution in [1.82, 2.24) is 4.90 Å². The third kappa shape index (κ3) is 1.47. The highest BCUT2D eigenvalue weighted by atomic mass is 16.5. The quantitative estimate of drug-likeness (QED) is 0.696. The van der Waals surface area contributed by atoms with Crippen LogP contribution < -0.4 is 5.73 Å². The molecule has 4 atom stereocenters. The molecule has 2 aliphatic carbocycles. The molecule has 14 heavy (non-hydrogen) atoms. The van der Waals surface area contributed by atoms with Gasteiger partial charge in [-0.1, -0.05) is 0 Å². The summed E-state index contributed by atoms with van der Waals surface area (Å²) in [5.74, 6) is 2.12. The lowest BCUT2D eigenvalue weighted by Gasteiger charge is -2.37. The zero-order valence-electron chi connectivity index (χ0n) is 8.69. The largest absolute Gasteiger partial charge is 0.374 e. The van der Waals surface area contributed by atoms with E-state index in [2.05, 4.69) is 4.90 Å². The van der Waals surface area contributed by atoms with Gasteiger partial charge in [0.1, 0.15) is 0 Å². The van der Waals surface area contributed by atoms with E-state index in [9.17, 15) is 0 Å². The lowest BCUT2D eigenvalue weighted by Crippen LogP contribution is -2.50. The summed E-state index contributed by atoms with van der Waals surface area (Å²) in [7, 11) is 0. The van der Waals surface area contributed by atoms with Gasteiger partial charge in [-0.15, -0.1) is 0 Å². The van der Waals surface area contributed by atoms with Crippen LogP contribution in [0.3, 0.4) is 0 Å². The monoisotopic (exact) mass is 196 g/mol. The van der Waals surface area contributed by atoms with Gasteiger partial charge in [0.2, 0.25) is 0 Å². The van der Waals surface area contributed by atoms with E-state index >= 15 is 0 Å². The van der Waals surface area contributed by atoms with E-state index in [0.717, 1.165) is 37.6 Å². The molecule has 0 bridgehead atoms. The summed E-state index contributed by atoms with van der Waals surface area (Å²) in [5.41, 5.74) is 5.66. The molecule has 0 amide bonds. The standard InChI is InChI=1S/C11H20N2O/c12-6-9-7-13(3-4-14-9)11-2-1-8-5-10(8)11/h8-11H,1-7,12H2. The molecule has 3 nitrogen and oxygen atoms in total. The fourth-order valence-corrected chi connectivity index (χ4v) is 3.31. The second-order valence-electron chi connectivity index (χ2n) is 5.03. The maximum absolute atomic E-state index is 5.66. The van der Waals surface area contributed by atoms with Crippen LogP contribution >= 0.6 is 0 Å². The van der Waals surface area contributed by atoms with Gasteiger partial charge in [-0.25, -0.2) is 0 Å². The first-order chi connectivity index (χ1) is 6.88. The van der Waals surface area contributed by atoms with Crippen molar-refractivity contribution in [2.75, 3.05) is 26.2 Å². The molecule has 0 aromatic rings. The molecule has 4 unspecified atom stereocenters. The molecule has 2 N–H and O–H groups in total. The summed E-state index contributed by atoms with van der Waals surface area (Å²) < 4.78 is 5.60. The van der Waals surface area contributed by atoms with Gasteiger partial charge in [0.05, 0.1) is 12.7 Å². The van der Waals surface area contributed by atoms with Crippen molar-refractivity contribution >= 4 is 0 Å². The number of nitrogens with two attached hydrogens (primary N) is 1. The Morgan fingerprint density at radius 3 is 2.93 bits per heavy atom. The van der Waals surface area contributed by atoms with Crippen molar-refractivity contribution in [2.24, 2.45) is 17.6 Å². The second-order valence-corrected chi connectivity index (χ2v) is 5.03.